The number of aromatic nitrogens is 3. The summed E-state index contributed by atoms with van der Waals surface area (Å²) < 4.78 is 10.9. The predicted octanol–water partition coefficient (Wildman–Crippen LogP) is 1.40. The summed E-state index contributed by atoms with van der Waals surface area (Å²) in [6.45, 7) is 6.71. The molecule has 3 heterocycles. The molecule has 1 fully saturated rings. The van der Waals surface area contributed by atoms with Crippen LogP contribution in [-0.2, 0) is 4.74 Å². The molecule has 1 aliphatic heterocycles. The number of amides is 1. The molecule has 0 radical (unpaired) electrons. The predicted molar refractivity (Wildman–Crippen MR) is 84.8 cm³/mol. The van der Waals surface area contributed by atoms with Crippen molar-refractivity contribution in [3.8, 4) is 0 Å². The van der Waals surface area contributed by atoms with E-state index in [-0.39, 0.29) is 24.0 Å². The van der Waals surface area contributed by atoms with Gasteiger partial charge in [0.2, 0.25) is 17.3 Å². The van der Waals surface area contributed by atoms with Crippen molar-refractivity contribution >= 4 is 5.91 Å². The molecule has 1 aliphatic rings. The number of nitrogens with zero attached hydrogens (tertiary/aromatic N) is 3. The maximum absolute atomic E-state index is 12.9. The van der Waals surface area contributed by atoms with E-state index >= 15 is 0 Å². The van der Waals surface area contributed by atoms with Crippen LogP contribution in [0.3, 0.4) is 0 Å². The molecule has 1 saturated heterocycles. The number of nitrogens with one attached hydrogen (secondary N) is 1. The second-order valence-corrected chi connectivity index (χ2v) is 6.09. The molecule has 8 heteroatoms. The van der Waals surface area contributed by atoms with E-state index in [1.165, 1.54) is 6.07 Å². The number of carbonyl (C=O) groups is 1. The highest BCUT2D eigenvalue weighted by Gasteiger charge is 2.33. The van der Waals surface area contributed by atoms with E-state index in [0.717, 1.165) is 5.69 Å². The van der Waals surface area contributed by atoms with Gasteiger partial charge < -0.3 is 19.0 Å². The van der Waals surface area contributed by atoms with E-state index in [1.54, 1.807) is 17.9 Å². The molecule has 8 nitrogen and oxygen atoms in total. The molecule has 0 unspecified atom stereocenters. The molecule has 0 aliphatic carbocycles. The molecule has 1 atom stereocenters. The van der Waals surface area contributed by atoms with E-state index < -0.39 is 6.04 Å². The van der Waals surface area contributed by atoms with E-state index in [2.05, 4.69) is 15.2 Å². The Hall–Kier alpha value is -2.48. The SMILES string of the molecule is Cc1nnc([C@H]2COCCN2C(=O)c2cc(C(C)C)[nH]c(=O)c2)o1. The summed E-state index contributed by atoms with van der Waals surface area (Å²) in [4.78, 5) is 29.2. The number of hydrogen-bond donors (Lipinski definition) is 1. The summed E-state index contributed by atoms with van der Waals surface area (Å²) in [7, 11) is 0. The molecule has 2 aromatic heterocycles. The van der Waals surface area contributed by atoms with Crippen LogP contribution < -0.4 is 5.56 Å². The number of aryl methyl sites for hydroxylation is 1. The lowest BCUT2D eigenvalue weighted by Gasteiger charge is -2.33. The largest absolute Gasteiger partial charge is 0.423 e. The van der Waals surface area contributed by atoms with Crippen LogP contribution >= 0.6 is 0 Å². The Morgan fingerprint density at radius 2 is 2.17 bits per heavy atom. The van der Waals surface area contributed by atoms with E-state index in [9.17, 15) is 9.59 Å². The number of hydrogen-bond acceptors (Lipinski definition) is 6. The Kier molecular flexibility index (Phi) is 4.48. The maximum Gasteiger partial charge on any atom is 0.254 e. The highest BCUT2D eigenvalue weighted by atomic mass is 16.5. The third-order valence-corrected chi connectivity index (χ3v) is 3.95. The molecular formula is C16H20N4O4. The summed E-state index contributed by atoms with van der Waals surface area (Å²) >= 11 is 0. The number of aromatic amines is 1. The van der Waals surface area contributed by atoms with E-state index in [0.29, 0.717) is 30.5 Å². The van der Waals surface area contributed by atoms with E-state index in [1.807, 2.05) is 13.8 Å². The van der Waals surface area contributed by atoms with Crippen molar-refractivity contribution in [2.75, 3.05) is 19.8 Å². The summed E-state index contributed by atoms with van der Waals surface area (Å²) in [6, 6.07) is 2.59. The van der Waals surface area contributed by atoms with Gasteiger partial charge in [-0.3, -0.25) is 9.59 Å². The zero-order valence-electron chi connectivity index (χ0n) is 13.9. The van der Waals surface area contributed by atoms with Gasteiger partial charge in [0.25, 0.3) is 5.91 Å². The maximum atomic E-state index is 12.9. The summed E-state index contributed by atoms with van der Waals surface area (Å²) in [5.41, 5.74) is 0.790. The number of pyridine rings is 1. The average Bonchev–Trinajstić information content (AvgIpc) is 3.00. The minimum Gasteiger partial charge on any atom is -0.423 e. The normalized spacial score (nSPS) is 18.2. The molecule has 0 saturated carbocycles. The van der Waals surface area contributed by atoms with Crippen LogP contribution in [0.25, 0.3) is 0 Å². The first-order valence-electron chi connectivity index (χ1n) is 7.88. The number of carbonyl (C=O) groups excluding carboxylic acids is 1. The molecule has 1 N–H and O–H groups in total. The quantitative estimate of drug-likeness (QED) is 0.912. The number of morpholine rings is 1. The Labute approximate surface area is 138 Å². The standard InChI is InChI=1S/C16H20N4O4/c1-9(2)12-6-11(7-14(21)17-12)16(22)20-4-5-23-8-13(20)15-19-18-10(3)24-15/h6-7,9,13H,4-5,8H2,1-3H3,(H,17,21)/t13-/m1/s1. The topological polar surface area (TPSA) is 101 Å². The van der Waals surface area contributed by atoms with E-state index in [4.69, 9.17) is 9.15 Å². The van der Waals surface area contributed by atoms with Gasteiger partial charge in [0.05, 0.1) is 13.2 Å². The van der Waals surface area contributed by atoms with Gasteiger partial charge in [0.15, 0.2) is 0 Å². The Bertz CT molecular complexity index is 795. The highest BCUT2D eigenvalue weighted by molar-refractivity contribution is 5.94. The van der Waals surface area contributed by atoms with Crippen molar-refractivity contribution in [1.82, 2.24) is 20.1 Å². The van der Waals surface area contributed by atoms with Gasteiger partial charge in [-0.1, -0.05) is 13.8 Å². The fourth-order valence-electron chi connectivity index (χ4n) is 2.66. The van der Waals surface area contributed by atoms with Crippen LogP contribution in [-0.4, -0.2) is 45.7 Å². The van der Waals surface area contributed by atoms with Gasteiger partial charge in [0, 0.05) is 30.8 Å². The Morgan fingerprint density at radius 3 is 2.83 bits per heavy atom. The van der Waals surface area contributed by atoms with Crippen LogP contribution in [0.1, 0.15) is 53.6 Å². The monoisotopic (exact) mass is 332 g/mol. The molecule has 128 valence electrons. The Balaban J connectivity index is 1.93. The average molecular weight is 332 g/mol. The first kappa shape index (κ1) is 16.4. The number of H-pyrrole nitrogens is 1. The lowest BCUT2D eigenvalue weighted by Crippen LogP contribution is -2.43. The van der Waals surface area contributed by atoms with Crippen LogP contribution in [0, 0.1) is 6.92 Å². The minimum absolute atomic E-state index is 0.115. The lowest BCUT2D eigenvalue weighted by atomic mass is 10.1. The molecule has 1 amide bonds. The van der Waals surface area contributed by atoms with Crippen molar-refractivity contribution in [3.63, 3.8) is 0 Å². The molecule has 24 heavy (non-hydrogen) atoms. The molecule has 0 spiro atoms. The molecular weight excluding hydrogens is 312 g/mol. The molecule has 2 aromatic rings. The van der Waals surface area contributed by atoms with Crippen molar-refractivity contribution in [2.24, 2.45) is 0 Å². The summed E-state index contributed by atoms with van der Waals surface area (Å²) in [5, 5.41) is 7.82. The highest BCUT2D eigenvalue weighted by Crippen LogP contribution is 2.25. The van der Waals surface area contributed by atoms with Gasteiger partial charge in [-0.25, -0.2) is 0 Å². The molecule has 0 aromatic carbocycles. The number of ether oxygens (including phenoxy) is 1. The van der Waals surface area contributed by atoms with Gasteiger partial charge >= 0.3 is 0 Å². The summed E-state index contributed by atoms with van der Waals surface area (Å²) in [6.07, 6.45) is 0. The van der Waals surface area contributed by atoms with Crippen LogP contribution in [0.15, 0.2) is 21.3 Å². The zero-order chi connectivity index (χ0) is 17.3. The fraction of sp³-hybridized carbons (Fsp3) is 0.500. The second-order valence-electron chi connectivity index (χ2n) is 6.09. The van der Waals surface area contributed by atoms with Gasteiger partial charge in [-0.05, 0) is 12.0 Å². The van der Waals surface area contributed by atoms with Gasteiger partial charge in [-0.15, -0.1) is 10.2 Å². The van der Waals surface area contributed by atoms with Crippen LogP contribution in [0.2, 0.25) is 0 Å². The van der Waals surface area contributed by atoms with Crippen LogP contribution in [0.5, 0.6) is 0 Å². The van der Waals surface area contributed by atoms with Crippen molar-refractivity contribution in [2.45, 2.75) is 32.7 Å². The molecule has 0 bridgehead atoms. The summed E-state index contributed by atoms with van der Waals surface area (Å²) in [5.74, 6) is 0.646. The third-order valence-electron chi connectivity index (χ3n) is 3.95. The smallest absolute Gasteiger partial charge is 0.254 e. The molecule has 3 rings (SSSR count). The first-order chi connectivity index (χ1) is 11.5. The van der Waals surface area contributed by atoms with Crippen molar-refractivity contribution in [1.29, 1.82) is 0 Å². The zero-order valence-corrected chi connectivity index (χ0v) is 13.9. The Morgan fingerprint density at radius 1 is 1.38 bits per heavy atom. The third kappa shape index (κ3) is 3.23. The minimum atomic E-state index is -0.450. The van der Waals surface area contributed by atoms with Crippen LogP contribution in [0.4, 0.5) is 0 Å². The first-order valence-corrected chi connectivity index (χ1v) is 7.88. The van der Waals surface area contributed by atoms with Crippen molar-refractivity contribution < 1.29 is 13.9 Å². The van der Waals surface area contributed by atoms with Gasteiger partial charge in [0.1, 0.15) is 6.04 Å². The number of rotatable bonds is 3. The van der Waals surface area contributed by atoms with Gasteiger partial charge in [-0.2, -0.15) is 0 Å². The fourth-order valence-corrected chi connectivity index (χ4v) is 2.66. The van der Waals surface area contributed by atoms with Crippen molar-refractivity contribution in [3.05, 3.63) is 45.5 Å². The second kappa shape index (κ2) is 6.56. The lowest BCUT2D eigenvalue weighted by molar-refractivity contribution is -0.0106.